The summed E-state index contributed by atoms with van der Waals surface area (Å²) < 4.78 is 29.8. The van der Waals surface area contributed by atoms with E-state index in [4.69, 9.17) is 4.18 Å². The van der Waals surface area contributed by atoms with Crippen molar-refractivity contribution in [2.24, 2.45) is 0 Å². The Bertz CT molecular complexity index is 488. The molecule has 1 unspecified atom stereocenters. The molecule has 0 aliphatic rings. The van der Waals surface area contributed by atoms with Crippen LogP contribution < -0.4 is 0 Å². The van der Waals surface area contributed by atoms with Gasteiger partial charge < -0.3 is 0 Å². The molecule has 1 atom stereocenters. The molecule has 0 aromatic heterocycles. The molecule has 3 nitrogen and oxygen atoms in total. The first kappa shape index (κ1) is 23.1. The fraction of sp³-hybridized carbons (Fsp3) is 0.667. The van der Waals surface area contributed by atoms with Crippen molar-refractivity contribution in [2.45, 2.75) is 82.6 Å². The van der Waals surface area contributed by atoms with Gasteiger partial charge >= 0.3 is 0 Å². The molecular weight excluding hydrogens is 319 g/mol. The van der Waals surface area contributed by atoms with Crippen LogP contribution in [0.25, 0.3) is 0 Å². The molecule has 0 saturated carbocycles. The van der Waals surface area contributed by atoms with Gasteiger partial charge in [0.05, 0.1) is 11.0 Å². The van der Waals surface area contributed by atoms with E-state index in [-0.39, 0.29) is 40.6 Å². The van der Waals surface area contributed by atoms with E-state index in [2.05, 4.69) is 6.92 Å². The molecule has 0 heterocycles. The second-order valence-corrected chi connectivity index (χ2v) is 7.38. The Balaban J connectivity index is 0.00000484. The van der Waals surface area contributed by atoms with Crippen LogP contribution in [0.2, 0.25) is 0 Å². The van der Waals surface area contributed by atoms with Crippen LogP contribution in [-0.4, -0.2) is 44.1 Å². The van der Waals surface area contributed by atoms with Gasteiger partial charge in [-0.05, 0) is 25.0 Å². The summed E-state index contributed by atoms with van der Waals surface area (Å²) in [5.41, 5.74) is 0. The number of unbranched alkanes of at least 4 members (excludes halogenated alkanes) is 6. The number of hydrogen-bond donors (Lipinski definition) is 0. The van der Waals surface area contributed by atoms with Crippen LogP contribution in [-0.2, 0) is 14.3 Å². The van der Waals surface area contributed by atoms with Gasteiger partial charge in [-0.25, -0.2) is 0 Å². The SMILES string of the molecule is CCCCCCCCCC(CC)OS(=O)(=O)c1ccccc1.[Na]. The first-order valence-electron chi connectivity index (χ1n) is 8.58. The van der Waals surface area contributed by atoms with Gasteiger partial charge in [0.2, 0.25) is 0 Å². The summed E-state index contributed by atoms with van der Waals surface area (Å²) in [6.07, 6.45) is 9.95. The second-order valence-electron chi connectivity index (χ2n) is 5.80. The van der Waals surface area contributed by atoms with E-state index in [1.807, 2.05) is 6.92 Å². The van der Waals surface area contributed by atoms with Crippen molar-refractivity contribution in [3.8, 4) is 0 Å². The Morgan fingerprint density at radius 2 is 1.48 bits per heavy atom. The monoisotopic (exact) mass is 349 g/mol. The van der Waals surface area contributed by atoms with E-state index in [0.29, 0.717) is 0 Å². The van der Waals surface area contributed by atoms with Gasteiger partial charge in [-0.1, -0.05) is 77.0 Å². The van der Waals surface area contributed by atoms with Crippen LogP contribution in [0, 0.1) is 0 Å². The van der Waals surface area contributed by atoms with Crippen LogP contribution in [0.15, 0.2) is 35.2 Å². The fourth-order valence-electron chi connectivity index (χ4n) is 2.47. The molecule has 1 radical (unpaired) electrons. The molecule has 1 aromatic rings. The number of rotatable bonds is 12. The molecule has 0 saturated heterocycles. The second kappa shape index (κ2) is 13.4. The summed E-state index contributed by atoms with van der Waals surface area (Å²) in [6, 6.07) is 8.39. The summed E-state index contributed by atoms with van der Waals surface area (Å²) in [5.74, 6) is 0. The van der Waals surface area contributed by atoms with Crippen molar-refractivity contribution in [1.29, 1.82) is 0 Å². The van der Waals surface area contributed by atoms with E-state index in [1.54, 1.807) is 30.3 Å². The summed E-state index contributed by atoms with van der Waals surface area (Å²) >= 11 is 0. The maximum absolute atomic E-state index is 12.2. The zero-order valence-electron chi connectivity index (χ0n) is 15.0. The van der Waals surface area contributed by atoms with E-state index >= 15 is 0 Å². The molecule has 1 rings (SSSR count). The Morgan fingerprint density at radius 3 is 2.04 bits per heavy atom. The Labute approximate surface area is 164 Å². The average Bonchev–Trinajstić information content (AvgIpc) is 2.53. The van der Waals surface area contributed by atoms with Gasteiger partial charge in [0.25, 0.3) is 10.1 Å². The fourth-order valence-corrected chi connectivity index (χ4v) is 3.66. The Kier molecular flexibility index (Phi) is 13.5. The predicted octanol–water partition coefficient (Wildman–Crippen LogP) is 4.93. The molecule has 0 aliphatic carbocycles. The van der Waals surface area contributed by atoms with Gasteiger partial charge in [0, 0.05) is 29.6 Å². The van der Waals surface area contributed by atoms with E-state index in [1.165, 1.54) is 32.1 Å². The van der Waals surface area contributed by atoms with Crippen LogP contribution in [0.5, 0.6) is 0 Å². The van der Waals surface area contributed by atoms with Crippen LogP contribution in [0.3, 0.4) is 0 Å². The molecule has 0 amide bonds. The number of benzene rings is 1. The smallest absolute Gasteiger partial charge is 0.263 e. The first-order valence-corrected chi connectivity index (χ1v) is 9.99. The summed E-state index contributed by atoms with van der Waals surface area (Å²) in [5, 5.41) is 0. The summed E-state index contributed by atoms with van der Waals surface area (Å²) in [4.78, 5) is 0.244. The minimum Gasteiger partial charge on any atom is -0.263 e. The topological polar surface area (TPSA) is 43.4 Å². The molecule has 1 aromatic carbocycles. The molecule has 127 valence electrons. The van der Waals surface area contributed by atoms with Crippen LogP contribution >= 0.6 is 0 Å². The van der Waals surface area contributed by atoms with Crippen LogP contribution in [0.1, 0.15) is 71.6 Å². The minimum absolute atomic E-state index is 0. The maximum Gasteiger partial charge on any atom is 0.297 e. The van der Waals surface area contributed by atoms with Crippen molar-refractivity contribution < 1.29 is 12.6 Å². The third-order valence-electron chi connectivity index (χ3n) is 3.88. The molecule has 0 N–H and O–H groups in total. The maximum atomic E-state index is 12.2. The predicted molar refractivity (Wildman–Crippen MR) is 97.2 cm³/mol. The normalized spacial score (nSPS) is 12.6. The molecule has 5 heteroatoms. The minimum atomic E-state index is -3.63. The van der Waals surface area contributed by atoms with Gasteiger partial charge in [0.1, 0.15) is 0 Å². The standard InChI is InChI=1S/C18H30O3S.Na/c1-3-5-6-7-8-9-11-14-17(4-2)21-22(19,20)18-15-12-10-13-16-18;/h10,12-13,15-17H,3-9,11,14H2,1-2H3;. The van der Waals surface area contributed by atoms with Crippen LogP contribution in [0.4, 0.5) is 0 Å². The van der Waals surface area contributed by atoms with Crippen molar-refractivity contribution in [1.82, 2.24) is 0 Å². The quantitative estimate of drug-likeness (QED) is 0.305. The van der Waals surface area contributed by atoms with E-state index in [0.717, 1.165) is 25.7 Å². The summed E-state index contributed by atoms with van der Waals surface area (Å²) in [6.45, 7) is 4.20. The molecule has 0 aliphatic heterocycles. The average molecular weight is 349 g/mol. The van der Waals surface area contributed by atoms with Crippen molar-refractivity contribution in [3.05, 3.63) is 30.3 Å². The van der Waals surface area contributed by atoms with Crippen molar-refractivity contribution >= 4 is 39.7 Å². The molecule has 0 bridgehead atoms. The van der Waals surface area contributed by atoms with Gasteiger partial charge in [-0.2, -0.15) is 8.42 Å². The van der Waals surface area contributed by atoms with Gasteiger partial charge in [-0.15, -0.1) is 0 Å². The van der Waals surface area contributed by atoms with Crippen molar-refractivity contribution in [3.63, 3.8) is 0 Å². The molecule has 0 spiro atoms. The van der Waals surface area contributed by atoms with E-state index in [9.17, 15) is 8.42 Å². The number of hydrogen-bond acceptors (Lipinski definition) is 3. The Hall–Kier alpha value is 0.130. The van der Waals surface area contributed by atoms with Gasteiger partial charge in [0.15, 0.2) is 0 Å². The first-order chi connectivity index (χ1) is 10.6. The molecular formula is C18H30NaO3S. The third kappa shape index (κ3) is 9.88. The zero-order chi connectivity index (χ0) is 16.3. The molecule has 0 fully saturated rings. The van der Waals surface area contributed by atoms with E-state index < -0.39 is 10.1 Å². The third-order valence-corrected chi connectivity index (χ3v) is 5.25. The Morgan fingerprint density at radius 1 is 0.913 bits per heavy atom. The largest absolute Gasteiger partial charge is 0.297 e. The molecule has 23 heavy (non-hydrogen) atoms. The van der Waals surface area contributed by atoms with Gasteiger partial charge in [-0.3, -0.25) is 4.18 Å². The summed E-state index contributed by atoms with van der Waals surface area (Å²) in [7, 11) is -3.63. The van der Waals surface area contributed by atoms with Crippen molar-refractivity contribution in [2.75, 3.05) is 0 Å². The zero-order valence-corrected chi connectivity index (χ0v) is 17.8.